The van der Waals surface area contributed by atoms with Crippen LogP contribution in [0, 0.1) is 24.4 Å². The Hall–Kier alpha value is -2.58. The molecule has 0 bridgehead atoms. The summed E-state index contributed by atoms with van der Waals surface area (Å²) in [5, 5.41) is 2.83. The Labute approximate surface area is 146 Å². The predicted octanol–water partition coefficient (Wildman–Crippen LogP) is 4.05. The van der Waals surface area contributed by atoms with Crippen LogP contribution in [0.4, 0.5) is 24.7 Å². The number of pyridine rings is 1. The second kappa shape index (κ2) is 8.00. The number of nitrogens with zero attached hydrogens (tertiary/aromatic N) is 1. The van der Waals surface area contributed by atoms with Crippen molar-refractivity contribution in [2.75, 3.05) is 11.9 Å². The summed E-state index contributed by atoms with van der Waals surface area (Å²) in [5.41, 5.74) is 1.39. The van der Waals surface area contributed by atoms with E-state index < -0.39 is 34.6 Å². The van der Waals surface area contributed by atoms with Gasteiger partial charge >= 0.3 is 0 Å². The highest BCUT2D eigenvalue weighted by atomic mass is 35.5. The third-order valence-electron chi connectivity index (χ3n) is 3.06. The van der Waals surface area contributed by atoms with Crippen LogP contribution in [-0.2, 0) is 4.84 Å². The van der Waals surface area contributed by atoms with E-state index in [9.17, 15) is 18.0 Å². The third-order valence-corrected chi connectivity index (χ3v) is 3.27. The first kappa shape index (κ1) is 18.8. The number of nitrogens with one attached hydrogen (secondary N) is 2. The lowest BCUT2D eigenvalue weighted by Crippen LogP contribution is -2.25. The van der Waals surface area contributed by atoms with Crippen molar-refractivity contribution in [2.45, 2.75) is 6.92 Å². The molecule has 0 radical (unpaired) electrons. The van der Waals surface area contributed by atoms with Gasteiger partial charge in [-0.2, -0.15) is 0 Å². The lowest BCUT2D eigenvalue weighted by atomic mass is 10.1. The molecule has 0 aliphatic heterocycles. The zero-order valence-electron chi connectivity index (χ0n) is 13.0. The van der Waals surface area contributed by atoms with E-state index in [1.54, 1.807) is 6.92 Å². The van der Waals surface area contributed by atoms with Gasteiger partial charge in [0.25, 0.3) is 5.91 Å². The number of hydroxylamine groups is 1. The van der Waals surface area contributed by atoms with E-state index in [2.05, 4.69) is 16.9 Å². The van der Waals surface area contributed by atoms with Gasteiger partial charge in [-0.15, -0.1) is 6.58 Å². The molecule has 25 heavy (non-hydrogen) atoms. The summed E-state index contributed by atoms with van der Waals surface area (Å²) in [5.74, 6) is -5.66. The molecule has 0 aliphatic rings. The fourth-order valence-electron chi connectivity index (χ4n) is 1.91. The summed E-state index contributed by atoms with van der Waals surface area (Å²) in [7, 11) is 0. The summed E-state index contributed by atoms with van der Waals surface area (Å²) in [4.78, 5) is 20.8. The molecule has 132 valence electrons. The summed E-state index contributed by atoms with van der Waals surface area (Å²) in [6.07, 6.45) is 2.63. The maximum atomic E-state index is 14.2. The van der Waals surface area contributed by atoms with Gasteiger partial charge in [0.05, 0.1) is 22.9 Å². The van der Waals surface area contributed by atoms with Crippen molar-refractivity contribution in [3.05, 3.63) is 64.6 Å². The number of benzene rings is 1. The second-order valence-corrected chi connectivity index (χ2v) is 5.32. The number of anilines is 2. The zero-order valence-corrected chi connectivity index (χ0v) is 13.8. The van der Waals surface area contributed by atoms with Crippen LogP contribution in [-0.4, -0.2) is 17.5 Å². The van der Waals surface area contributed by atoms with Crippen molar-refractivity contribution >= 4 is 29.0 Å². The lowest BCUT2D eigenvalue weighted by molar-refractivity contribution is 0.0421. The molecule has 0 unspecified atom stereocenters. The summed E-state index contributed by atoms with van der Waals surface area (Å²) >= 11 is 5.79. The number of carbonyl (C=O) groups excluding carboxylic acids is 1. The van der Waals surface area contributed by atoms with Crippen molar-refractivity contribution in [1.82, 2.24) is 10.5 Å². The molecule has 9 heteroatoms. The third kappa shape index (κ3) is 4.28. The first-order chi connectivity index (χ1) is 11.8. The first-order valence-corrected chi connectivity index (χ1v) is 7.32. The van der Waals surface area contributed by atoms with Gasteiger partial charge in [0.2, 0.25) is 0 Å². The summed E-state index contributed by atoms with van der Waals surface area (Å²) < 4.78 is 41.3. The molecule has 0 fully saturated rings. The normalized spacial score (nSPS) is 10.4. The number of amides is 1. The Kier molecular flexibility index (Phi) is 6.00. The highest BCUT2D eigenvalue weighted by molar-refractivity contribution is 6.30. The number of aryl methyl sites for hydroxylation is 1. The van der Waals surface area contributed by atoms with Crippen molar-refractivity contribution in [3.8, 4) is 0 Å². The van der Waals surface area contributed by atoms with Crippen LogP contribution in [0.25, 0.3) is 0 Å². The Morgan fingerprint density at radius 3 is 2.72 bits per heavy atom. The lowest BCUT2D eigenvalue weighted by Gasteiger charge is -2.15. The summed E-state index contributed by atoms with van der Waals surface area (Å²) in [6, 6.07) is 2.08. The average molecular weight is 372 g/mol. The fraction of sp³-hybridized carbons (Fsp3) is 0.125. The largest absolute Gasteiger partial charge is 0.337 e. The average Bonchev–Trinajstić information content (AvgIpc) is 2.57. The number of aromatic nitrogens is 1. The molecule has 0 saturated carbocycles. The Morgan fingerprint density at radius 1 is 1.36 bits per heavy atom. The second-order valence-electron chi connectivity index (χ2n) is 4.88. The zero-order chi connectivity index (χ0) is 18.6. The molecule has 1 heterocycles. The van der Waals surface area contributed by atoms with Gasteiger partial charge in [-0.3, -0.25) is 9.63 Å². The number of rotatable bonds is 6. The van der Waals surface area contributed by atoms with Crippen LogP contribution in [0.1, 0.15) is 15.9 Å². The van der Waals surface area contributed by atoms with Gasteiger partial charge in [0.1, 0.15) is 5.82 Å². The number of carbonyl (C=O) groups is 1. The monoisotopic (exact) mass is 371 g/mol. The van der Waals surface area contributed by atoms with E-state index in [4.69, 9.17) is 16.4 Å². The maximum Gasteiger partial charge on any atom is 0.277 e. The molecular formula is C16H13ClF3N3O2. The van der Waals surface area contributed by atoms with Gasteiger partial charge in [0.15, 0.2) is 17.5 Å². The van der Waals surface area contributed by atoms with Gasteiger partial charge in [0, 0.05) is 6.20 Å². The van der Waals surface area contributed by atoms with Crippen LogP contribution >= 0.6 is 11.6 Å². The van der Waals surface area contributed by atoms with Crippen LogP contribution < -0.4 is 10.8 Å². The standard InChI is InChI=1S/C16H13ClF3N3O2/c1-3-4-25-23-16(24)10-6-11(18)12(19)13(20)14(10)22-15-8(2)5-9(17)7-21-15/h3,5-7H,1,4H2,2H3,(H,21,22)(H,23,24). The van der Waals surface area contributed by atoms with Gasteiger partial charge in [-0.05, 0) is 24.6 Å². The van der Waals surface area contributed by atoms with Crippen molar-refractivity contribution in [3.63, 3.8) is 0 Å². The van der Waals surface area contributed by atoms with Gasteiger partial charge in [-0.25, -0.2) is 23.6 Å². The first-order valence-electron chi connectivity index (χ1n) is 6.94. The molecule has 5 nitrogen and oxygen atoms in total. The molecule has 0 spiro atoms. The highest BCUT2D eigenvalue weighted by Gasteiger charge is 2.24. The van der Waals surface area contributed by atoms with E-state index in [0.29, 0.717) is 16.7 Å². The number of hydrogen-bond acceptors (Lipinski definition) is 4. The van der Waals surface area contributed by atoms with E-state index in [-0.39, 0.29) is 12.4 Å². The molecule has 0 saturated heterocycles. The smallest absolute Gasteiger partial charge is 0.277 e. The maximum absolute atomic E-state index is 14.2. The van der Waals surface area contributed by atoms with Crippen molar-refractivity contribution in [2.24, 2.45) is 0 Å². The van der Waals surface area contributed by atoms with Crippen LogP contribution in [0.2, 0.25) is 5.02 Å². The molecule has 0 aliphatic carbocycles. The van der Waals surface area contributed by atoms with Crippen molar-refractivity contribution in [1.29, 1.82) is 0 Å². The molecular weight excluding hydrogens is 359 g/mol. The fourth-order valence-corrected chi connectivity index (χ4v) is 2.12. The molecule has 1 aromatic carbocycles. The quantitative estimate of drug-likeness (QED) is 0.348. The highest BCUT2D eigenvalue weighted by Crippen LogP contribution is 2.29. The topological polar surface area (TPSA) is 63.2 Å². The number of halogens is 4. The molecule has 2 aromatic rings. The van der Waals surface area contributed by atoms with E-state index in [0.717, 1.165) is 0 Å². The van der Waals surface area contributed by atoms with Crippen LogP contribution in [0.15, 0.2) is 31.0 Å². The van der Waals surface area contributed by atoms with E-state index in [1.807, 2.05) is 5.48 Å². The Balaban J connectivity index is 2.45. The molecule has 0 atom stereocenters. The predicted molar refractivity (Wildman–Crippen MR) is 87.2 cm³/mol. The molecule has 2 rings (SSSR count). The molecule has 1 aromatic heterocycles. The van der Waals surface area contributed by atoms with Gasteiger partial charge < -0.3 is 5.32 Å². The minimum atomic E-state index is -1.72. The van der Waals surface area contributed by atoms with Crippen molar-refractivity contribution < 1.29 is 22.8 Å². The molecule has 1 amide bonds. The Bertz CT molecular complexity index is 831. The van der Waals surface area contributed by atoms with Crippen LogP contribution in [0.3, 0.4) is 0 Å². The van der Waals surface area contributed by atoms with E-state index >= 15 is 0 Å². The summed E-state index contributed by atoms with van der Waals surface area (Å²) in [6.45, 7) is 4.97. The minimum Gasteiger partial charge on any atom is -0.337 e. The van der Waals surface area contributed by atoms with Gasteiger partial charge in [-0.1, -0.05) is 17.7 Å². The van der Waals surface area contributed by atoms with Crippen LogP contribution in [0.5, 0.6) is 0 Å². The number of hydrogen-bond donors (Lipinski definition) is 2. The SMILES string of the molecule is C=CCONC(=O)c1cc(F)c(F)c(F)c1Nc1ncc(Cl)cc1C. The van der Waals surface area contributed by atoms with E-state index in [1.165, 1.54) is 18.3 Å². The molecule has 2 N–H and O–H groups in total. The Morgan fingerprint density at radius 2 is 2.08 bits per heavy atom. The minimum absolute atomic E-state index is 0.0293.